The highest BCUT2D eigenvalue weighted by molar-refractivity contribution is 14.0. The number of rotatable bonds is 7. The molecular formula is C18H27F3IN3O2S. The van der Waals surface area contributed by atoms with E-state index in [1.807, 2.05) is 0 Å². The van der Waals surface area contributed by atoms with Crippen LogP contribution < -0.4 is 10.6 Å². The van der Waals surface area contributed by atoms with Crippen molar-refractivity contribution in [1.29, 1.82) is 0 Å². The lowest BCUT2D eigenvalue weighted by Gasteiger charge is -2.43. The molecule has 0 heterocycles. The van der Waals surface area contributed by atoms with E-state index < -0.39 is 21.6 Å². The second kappa shape index (κ2) is 10.1. The van der Waals surface area contributed by atoms with E-state index in [1.54, 1.807) is 20.0 Å². The molecule has 2 rings (SSSR count). The summed E-state index contributed by atoms with van der Waals surface area (Å²) >= 11 is 0. The molecule has 1 saturated carbocycles. The van der Waals surface area contributed by atoms with E-state index in [2.05, 4.69) is 15.6 Å². The molecule has 0 saturated heterocycles. The van der Waals surface area contributed by atoms with Crippen molar-refractivity contribution in [2.24, 2.45) is 4.99 Å². The topological polar surface area (TPSA) is 70.6 Å². The van der Waals surface area contributed by atoms with E-state index in [1.165, 1.54) is 12.1 Å². The molecular weight excluding hydrogens is 506 g/mol. The molecule has 28 heavy (non-hydrogen) atoms. The number of benzene rings is 1. The average Bonchev–Trinajstić information content (AvgIpc) is 2.58. The van der Waals surface area contributed by atoms with Crippen molar-refractivity contribution in [2.45, 2.75) is 37.8 Å². The fraction of sp³-hybridized carbons (Fsp3) is 0.611. The minimum absolute atomic E-state index is 0. The summed E-state index contributed by atoms with van der Waals surface area (Å²) in [5.74, 6) is 0.530. The monoisotopic (exact) mass is 533 g/mol. The zero-order valence-corrected chi connectivity index (χ0v) is 19.1. The van der Waals surface area contributed by atoms with Crippen LogP contribution in [0.4, 0.5) is 13.2 Å². The van der Waals surface area contributed by atoms with Crippen LogP contribution in [-0.2, 0) is 21.4 Å². The number of nitrogens with zero attached hydrogens (tertiary/aromatic N) is 1. The molecule has 2 N–H and O–H groups in total. The Morgan fingerprint density at radius 2 is 1.93 bits per heavy atom. The quantitative estimate of drug-likeness (QED) is 0.321. The first-order chi connectivity index (χ1) is 12.6. The highest BCUT2D eigenvalue weighted by Crippen LogP contribution is 2.44. The predicted molar refractivity (Wildman–Crippen MR) is 116 cm³/mol. The third-order valence-corrected chi connectivity index (χ3v) is 6.78. The summed E-state index contributed by atoms with van der Waals surface area (Å²) in [5, 5.41) is 6.08. The van der Waals surface area contributed by atoms with Crippen molar-refractivity contribution in [2.75, 3.05) is 31.6 Å². The molecule has 1 aromatic carbocycles. The second-order valence-corrected chi connectivity index (χ2v) is 9.27. The number of alkyl halides is 3. The average molecular weight is 533 g/mol. The van der Waals surface area contributed by atoms with Gasteiger partial charge in [0.1, 0.15) is 0 Å². The van der Waals surface area contributed by atoms with Crippen molar-refractivity contribution in [3.8, 4) is 0 Å². The fourth-order valence-electron chi connectivity index (χ4n) is 3.14. The summed E-state index contributed by atoms with van der Waals surface area (Å²) in [6.07, 6.45) is -1.82. The summed E-state index contributed by atoms with van der Waals surface area (Å²) in [6, 6.07) is 5.49. The summed E-state index contributed by atoms with van der Waals surface area (Å²) in [5.41, 5.74) is -0.340. The van der Waals surface area contributed by atoms with E-state index in [4.69, 9.17) is 0 Å². The standard InChI is InChI=1S/C18H26F3N3O2S.HI/c1-3-27(25,26)11-10-23-16(22-2)24-13-17(8-5-9-17)14-6-4-7-15(12-14)18(19,20)21;/h4,6-7,12H,3,5,8-11,13H2,1-2H3,(H2,22,23,24);1H. The normalized spacial score (nSPS) is 16.7. The number of nitrogens with one attached hydrogen (secondary N) is 2. The van der Waals surface area contributed by atoms with Crippen LogP contribution in [0.25, 0.3) is 0 Å². The van der Waals surface area contributed by atoms with E-state index in [0.717, 1.165) is 25.3 Å². The Hall–Kier alpha value is -1.04. The molecule has 0 unspecified atom stereocenters. The van der Waals surface area contributed by atoms with Crippen LogP contribution in [0.2, 0.25) is 0 Å². The summed E-state index contributed by atoms with van der Waals surface area (Å²) in [6.45, 7) is 2.26. The Kier molecular flexibility index (Phi) is 9.04. The van der Waals surface area contributed by atoms with Gasteiger partial charge < -0.3 is 10.6 Å². The lowest BCUT2D eigenvalue weighted by atomic mass is 9.64. The minimum atomic E-state index is -4.36. The van der Waals surface area contributed by atoms with E-state index in [0.29, 0.717) is 18.1 Å². The number of sulfone groups is 1. The number of halogens is 4. The molecule has 0 radical (unpaired) electrons. The zero-order valence-electron chi connectivity index (χ0n) is 16.0. The smallest absolute Gasteiger partial charge is 0.356 e. The van der Waals surface area contributed by atoms with Gasteiger partial charge in [-0.2, -0.15) is 13.2 Å². The van der Waals surface area contributed by atoms with Crippen LogP contribution in [0.15, 0.2) is 29.3 Å². The van der Waals surface area contributed by atoms with Crippen LogP contribution in [0.3, 0.4) is 0 Å². The van der Waals surface area contributed by atoms with Crippen molar-refractivity contribution >= 4 is 39.8 Å². The van der Waals surface area contributed by atoms with Gasteiger partial charge in [0.25, 0.3) is 0 Å². The maximum absolute atomic E-state index is 13.0. The lowest BCUT2D eigenvalue weighted by Crippen LogP contribution is -2.49. The molecule has 0 aliphatic heterocycles. The Labute approximate surface area is 181 Å². The Balaban J connectivity index is 0.00000392. The molecule has 1 aliphatic carbocycles. The first-order valence-electron chi connectivity index (χ1n) is 8.94. The highest BCUT2D eigenvalue weighted by atomic mass is 127. The lowest BCUT2D eigenvalue weighted by molar-refractivity contribution is -0.137. The summed E-state index contributed by atoms with van der Waals surface area (Å²) in [7, 11) is -1.50. The predicted octanol–water partition coefficient (Wildman–Crippen LogP) is 3.34. The highest BCUT2D eigenvalue weighted by Gasteiger charge is 2.40. The molecule has 0 atom stereocenters. The van der Waals surface area contributed by atoms with Gasteiger partial charge in [0, 0.05) is 31.3 Å². The van der Waals surface area contributed by atoms with Gasteiger partial charge in [-0.3, -0.25) is 4.99 Å². The fourth-order valence-corrected chi connectivity index (χ4v) is 3.84. The molecule has 1 fully saturated rings. The van der Waals surface area contributed by atoms with Gasteiger partial charge in [-0.15, -0.1) is 24.0 Å². The minimum Gasteiger partial charge on any atom is -0.356 e. The second-order valence-electron chi connectivity index (χ2n) is 6.80. The number of hydrogen-bond donors (Lipinski definition) is 2. The van der Waals surface area contributed by atoms with Gasteiger partial charge in [-0.1, -0.05) is 31.5 Å². The van der Waals surface area contributed by atoms with Crippen molar-refractivity contribution in [3.63, 3.8) is 0 Å². The van der Waals surface area contributed by atoms with Gasteiger partial charge in [-0.05, 0) is 24.5 Å². The van der Waals surface area contributed by atoms with Crippen LogP contribution in [0.5, 0.6) is 0 Å². The molecule has 1 aromatic rings. The third-order valence-electron chi connectivity index (χ3n) is 5.08. The molecule has 0 spiro atoms. The molecule has 5 nitrogen and oxygen atoms in total. The van der Waals surface area contributed by atoms with Crippen molar-refractivity contribution in [3.05, 3.63) is 35.4 Å². The van der Waals surface area contributed by atoms with Crippen molar-refractivity contribution in [1.82, 2.24) is 10.6 Å². The van der Waals surface area contributed by atoms with E-state index in [9.17, 15) is 21.6 Å². The number of guanidine groups is 1. The van der Waals surface area contributed by atoms with E-state index in [-0.39, 0.29) is 47.4 Å². The molecule has 1 aliphatic rings. The molecule has 10 heteroatoms. The Morgan fingerprint density at radius 3 is 2.43 bits per heavy atom. The molecule has 0 amide bonds. The maximum Gasteiger partial charge on any atom is 0.416 e. The zero-order chi connectivity index (χ0) is 20.1. The summed E-state index contributed by atoms with van der Waals surface area (Å²) in [4.78, 5) is 4.06. The van der Waals surface area contributed by atoms with Crippen molar-refractivity contribution < 1.29 is 21.6 Å². The first kappa shape index (κ1) is 25.0. The maximum atomic E-state index is 13.0. The first-order valence-corrected chi connectivity index (χ1v) is 10.8. The van der Waals surface area contributed by atoms with Crippen LogP contribution >= 0.6 is 24.0 Å². The molecule has 0 bridgehead atoms. The van der Waals surface area contributed by atoms with Crippen LogP contribution in [0.1, 0.15) is 37.3 Å². The number of aliphatic imine (C=N–C) groups is 1. The SMILES string of the molecule is CCS(=O)(=O)CCNC(=NC)NCC1(c2cccc(C(F)(F)F)c2)CCC1.I. The van der Waals surface area contributed by atoms with E-state index >= 15 is 0 Å². The largest absolute Gasteiger partial charge is 0.416 e. The molecule has 0 aromatic heterocycles. The van der Waals surface area contributed by atoms with Gasteiger partial charge >= 0.3 is 6.18 Å². The summed E-state index contributed by atoms with van der Waals surface area (Å²) < 4.78 is 62.1. The molecule has 160 valence electrons. The van der Waals surface area contributed by atoms with Crippen LogP contribution in [0, 0.1) is 0 Å². The Bertz CT molecular complexity index is 779. The van der Waals surface area contributed by atoms with Gasteiger partial charge in [0.05, 0.1) is 11.3 Å². The van der Waals surface area contributed by atoms with Gasteiger partial charge in [0.2, 0.25) is 0 Å². The van der Waals surface area contributed by atoms with Gasteiger partial charge in [0.15, 0.2) is 15.8 Å². The Morgan fingerprint density at radius 1 is 1.25 bits per heavy atom. The van der Waals surface area contributed by atoms with Crippen LogP contribution in [-0.4, -0.2) is 46.0 Å². The number of hydrogen-bond acceptors (Lipinski definition) is 3. The third kappa shape index (κ3) is 6.50. The van der Waals surface area contributed by atoms with Gasteiger partial charge in [-0.25, -0.2) is 8.42 Å².